The van der Waals surface area contributed by atoms with E-state index in [1.807, 2.05) is 24.3 Å². The lowest BCUT2D eigenvalue weighted by Gasteiger charge is -2.23. The lowest BCUT2D eigenvalue weighted by atomic mass is 10.1. The first-order chi connectivity index (χ1) is 12.9. The highest BCUT2D eigenvalue weighted by atomic mass is 16.2. The molecule has 0 spiro atoms. The first-order valence-corrected chi connectivity index (χ1v) is 9.15. The van der Waals surface area contributed by atoms with Crippen LogP contribution >= 0.6 is 0 Å². The van der Waals surface area contributed by atoms with Gasteiger partial charge >= 0.3 is 6.03 Å². The molecule has 0 bridgehead atoms. The molecule has 0 heterocycles. The molecule has 0 aliphatic rings. The molecule has 1 N–H and O–H groups in total. The molecule has 2 amide bonds. The highest BCUT2D eigenvalue weighted by Gasteiger charge is 2.12. The molecule has 5 heteroatoms. The molecular weight excluding hydrogens is 336 g/mol. The molecule has 27 heavy (non-hydrogen) atoms. The number of amides is 2. The molecule has 0 radical (unpaired) electrons. The van der Waals surface area contributed by atoms with Crippen LogP contribution in [-0.4, -0.2) is 36.0 Å². The van der Waals surface area contributed by atoms with Gasteiger partial charge in [0.25, 0.3) is 0 Å². The van der Waals surface area contributed by atoms with Gasteiger partial charge in [0.1, 0.15) is 0 Å². The van der Waals surface area contributed by atoms with E-state index in [2.05, 4.69) is 49.3 Å². The zero-order chi connectivity index (χ0) is 19.8. The normalized spacial score (nSPS) is 10.7. The Morgan fingerprint density at radius 2 is 1.67 bits per heavy atom. The molecule has 2 rings (SSSR count). The van der Waals surface area contributed by atoms with Gasteiger partial charge in [0.15, 0.2) is 0 Å². The third-order valence-electron chi connectivity index (χ3n) is 4.70. The summed E-state index contributed by atoms with van der Waals surface area (Å²) >= 11 is 0. The van der Waals surface area contributed by atoms with E-state index >= 15 is 0 Å². The van der Waals surface area contributed by atoms with Crippen molar-refractivity contribution in [2.75, 3.05) is 14.1 Å². The second kappa shape index (κ2) is 9.75. The Kier molecular flexibility index (Phi) is 7.39. The van der Waals surface area contributed by atoms with Crippen molar-refractivity contribution in [1.82, 2.24) is 15.1 Å². The summed E-state index contributed by atoms with van der Waals surface area (Å²) in [6.45, 7) is 6.18. The number of nitrogens with zero attached hydrogens (tertiary/aromatic N) is 3. The first kappa shape index (κ1) is 20.5. The average molecular weight is 364 g/mol. The topological polar surface area (TPSA) is 59.4 Å². The third kappa shape index (κ3) is 6.12. The van der Waals surface area contributed by atoms with E-state index in [0.29, 0.717) is 24.7 Å². The minimum absolute atomic E-state index is 0.119. The molecule has 0 aliphatic heterocycles. The zero-order valence-corrected chi connectivity index (χ0v) is 16.6. The summed E-state index contributed by atoms with van der Waals surface area (Å²) in [6, 6.07) is 17.9. The minimum atomic E-state index is -0.119. The van der Waals surface area contributed by atoms with Gasteiger partial charge in [-0.15, -0.1) is 0 Å². The highest BCUT2D eigenvalue weighted by Crippen LogP contribution is 2.13. The zero-order valence-electron chi connectivity index (χ0n) is 16.6. The van der Waals surface area contributed by atoms with Crippen molar-refractivity contribution in [1.29, 1.82) is 5.26 Å². The van der Waals surface area contributed by atoms with E-state index in [0.717, 1.165) is 17.7 Å². The molecule has 0 aromatic heterocycles. The van der Waals surface area contributed by atoms with Crippen molar-refractivity contribution in [3.05, 3.63) is 70.8 Å². The Morgan fingerprint density at radius 1 is 1.04 bits per heavy atom. The number of carbonyl (C=O) groups excluding carboxylic acids is 1. The summed E-state index contributed by atoms with van der Waals surface area (Å²) in [7, 11) is 3.87. The number of hydrogen-bond donors (Lipinski definition) is 1. The summed E-state index contributed by atoms with van der Waals surface area (Å²) in [6.07, 6.45) is 0. The standard InChI is InChI=1S/C22H28N4O/c1-17(2)25(3)16-21-8-6-5-7-20(21)14-24-22(27)26(4)15-19-11-9-18(13-23)10-12-19/h5-12,17H,14-16H2,1-4H3,(H,24,27). The van der Waals surface area contributed by atoms with Crippen molar-refractivity contribution in [3.8, 4) is 6.07 Å². The number of nitrogens with one attached hydrogen (secondary N) is 1. The van der Waals surface area contributed by atoms with Gasteiger partial charge in [-0.2, -0.15) is 5.26 Å². The summed E-state index contributed by atoms with van der Waals surface area (Å²) in [5.41, 5.74) is 3.97. The lowest BCUT2D eigenvalue weighted by molar-refractivity contribution is 0.206. The third-order valence-corrected chi connectivity index (χ3v) is 4.70. The molecule has 142 valence electrons. The maximum atomic E-state index is 12.4. The van der Waals surface area contributed by atoms with Crippen molar-refractivity contribution < 1.29 is 4.79 Å². The van der Waals surface area contributed by atoms with Crippen LogP contribution in [0.5, 0.6) is 0 Å². The predicted octanol–water partition coefficient (Wildman–Crippen LogP) is 3.74. The van der Waals surface area contributed by atoms with Crippen molar-refractivity contribution in [2.24, 2.45) is 0 Å². The molecule has 2 aromatic carbocycles. The Bertz CT molecular complexity index is 793. The maximum absolute atomic E-state index is 12.4. The van der Waals surface area contributed by atoms with Crippen LogP contribution in [0.4, 0.5) is 4.79 Å². The second-order valence-corrected chi connectivity index (χ2v) is 7.10. The molecule has 0 saturated carbocycles. The fourth-order valence-corrected chi connectivity index (χ4v) is 2.67. The van der Waals surface area contributed by atoms with Gasteiger partial charge in [-0.3, -0.25) is 4.90 Å². The number of carbonyl (C=O) groups is 1. The predicted molar refractivity (Wildman–Crippen MR) is 108 cm³/mol. The molecule has 0 unspecified atom stereocenters. The van der Waals surface area contributed by atoms with Gasteiger partial charge in [0.05, 0.1) is 11.6 Å². The molecule has 0 atom stereocenters. The van der Waals surface area contributed by atoms with E-state index in [1.165, 1.54) is 5.56 Å². The van der Waals surface area contributed by atoms with Gasteiger partial charge < -0.3 is 10.2 Å². The van der Waals surface area contributed by atoms with Crippen LogP contribution in [0.1, 0.15) is 36.1 Å². The van der Waals surface area contributed by atoms with Gasteiger partial charge in [0.2, 0.25) is 0 Å². The summed E-state index contributed by atoms with van der Waals surface area (Å²) < 4.78 is 0. The summed E-state index contributed by atoms with van der Waals surface area (Å²) in [4.78, 5) is 16.4. The average Bonchev–Trinajstić information content (AvgIpc) is 2.67. The van der Waals surface area contributed by atoms with Crippen molar-refractivity contribution >= 4 is 6.03 Å². The molecule has 0 fully saturated rings. The Balaban J connectivity index is 1.93. The van der Waals surface area contributed by atoms with Crippen molar-refractivity contribution in [2.45, 2.75) is 39.5 Å². The minimum Gasteiger partial charge on any atom is -0.334 e. The van der Waals surface area contributed by atoms with Gasteiger partial charge in [-0.25, -0.2) is 4.79 Å². The lowest BCUT2D eigenvalue weighted by Crippen LogP contribution is -2.36. The maximum Gasteiger partial charge on any atom is 0.317 e. The van der Waals surface area contributed by atoms with Gasteiger partial charge in [-0.1, -0.05) is 36.4 Å². The van der Waals surface area contributed by atoms with Crippen LogP contribution in [0.25, 0.3) is 0 Å². The van der Waals surface area contributed by atoms with Crippen LogP contribution in [0, 0.1) is 11.3 Å². The largest absolute Gasteiger partial charge is 0.334 e. The fourth-order valence-electron chi connectivity index (χ4n) is 2.67. The molecule has 2 aromatic rings. The fraction of sp³-hybridized carbons (Fsp3) is 0.364. The Morgan fingerprint density at radius 3 is 2.26 bits per heavy atom. The van der Waals surface area contributed by atoms with Crippen molar-refractivity contribution in [3.63, 3.8) is 0 Å². The monoisotopic (exact) mass is 364 g/mol. The summed E-state index contributed by atoms with van der Waals surface area (Å²) in [5, 5.41) is 11.9. The first-order valence-electron chi connectivity index (χ1n) is 9.15. The van der Waals surface area contributed by atoms with Crippen LogP contribution in [-0.2, 0) is 19.6 Å². The molecular formula is C22H28N4O. The highest BCUT2D eigenvalue weighted by molar-refractivity contribution is 5.73. The van der Waals surface area contributed by atoms with E-state index in [1.54, 1.807) is 24.1 Å². The number of benzene rings is 2. The molecule has 0 aliphatic carbocycles. The van der Waals surface area contributed by atoms with E-state index in [9.17, 15) is 4.79 Å². The number of nitriles is 1. The molecule has 0 saturated heterocycles. The van der Waals surface area contributed by atoms with Gasteiger partial charge in [0, 0.05) is 32.7 Å². The number of rotatable bonds is 7. The smallest absolute Gasteiger partial charge is 0.317 e. The quantitative estimate of drug-likeness (QED) is 0.814. The Hall–Kier alpha value is -2.84. The SMILES string of the molecule is CC(C)N(C)Cc1ccccc1CNC(=O)N(C)Cc1ccc(C#N)cc1. The Labute approximate surface area is 162 Å². The van der Waals surface area contributed by atoms with E-state index in [4.69, 9.17) is 5.26 Å². The van der Waals surface area contributed by atoms with Crippen LogP contribution in [0.2, 0.25) is 0 Å². The van der Waals surface area contributed by atoms with Crippen LogP contribution in [0.15, 0.2) is 48.5 Å². The van der Waals surface area contributed by atoms with Crippen LogP contribution < -0.4 is 5.32 Å². The van der Waals surface area contributed by atoms with Crippen LogP contribution in [0.3, 0.4) is 0 Å². The number of urea groups is 1. The second-order valence-electron chi connectivity index (χ2n) is 7.10. The molecule has 5 nitrogen and oxygen atoms in total. The van der Waals surface area contributed by atoms with E-state index < -0.39 is 0 Å². The van der Waals surface area contributed by atoms with E-state index in [-0.39, 0.29) is 6.03 Å². The van der Waals surface area contributed by atoms with Gasteiger partial charge in [-0.05, 0) is 49.7 Å². The number of hydrogen-bond acceptors (Lipinski definition) is 3. The summed E-state index contributed by atoms with van der Waals surface area (Å²) in [5.74, 6) is 0.